The monoisotopic (exact) mass is 476 g/mol. The summed E-state index contributed by atoms with van der Waals surface area (Å²) in [7, 11) is 1.72. The molecule has 0 radical (unpaired) electrons. The van der Waals surface area contributed by atoms with Crippen LogP contribution in [0.3, 0.4) is 0 Å². The molecule has 2 aliphatic rings. The molecular formula is C23H25ClN2O5S. The molecule has 0 saturated carbocycles. The number of aliphatic carboxylic acids is 2. The molecule has 2 aromatic carbocycles. The molecule has 9 heteroatoms. The lowest BCUT2D eigenvalue weighted by atomic mass is 9.96. The van der Waals surface area contributed by atoms with Crippen LogP contribution in [0.25, 0.3) is 0 Å². The summed E-state index contributed by atoms with van der Waals surface area (Å²) >= 11 is 8.16. The molecule has 1 atom stereocenters. The lowest BCUT2D eigenvalue weighted by Crippen LogP contribution is -2.45. The maximum absolute atomic E-state index is 9.55. The van der Waals surface area contributed by atoms with Gasteiger partial charge in [0, 0.05) is 59.2 Å². The van der Waals surface area contributed by atoms with Crippen molar-refractivity contribution in [3.8, 4) is 5.75 Å². The van der Waals surface area contributed by atoms with Crippen molar-refractivity contribution in [2.45, 2.75) is 22.3 Å². The first-order valence-electron chi connectivity index (χ1n) is 10.1. The minimum Gasteiger partial charge on any atom is -0.497 e. The quantitative estimate of drug-likeness (QED) is 0.574. The highest BCUT2D eigenvalue weighted by molar-refractivity contribution is 7.99. The van der Waals surface area contributed by atoms with E-state index in [1.54, 1.807) is 7.11 Å². The first kappa shape index (κ1) is 24.1. The van der Waals surface area contributed by atoms with Crippen molar-refractivity contribution < 1.29 is 24.5 Å². The molecule has 0 bridgehead atoms. The zero-order valence-electron chi connectivity index (χ0n) is 17.6. The number of benzene rings is 2. The van der Waals surface area contributed by atoms with Crippen molar-refractivity contribution in [1.29, 1.82) is 0 Å². The van der Waals surface area contributed by atoms with Gasteiger partial charge >= 0.3 is 11.9 Å². The molecule has 1 saturated heterocycles. The number of fused-ring (bicyclic) bond motifs is 2. The maximum atomic E-state index is 9.55. The first-order valence-corrected chi connectivity index (χ1v) is 11.3. The van der Waals surface area contributed by atoms with Crippen LogP contribution in [0.4, 0.5) is 0 Å². The predicted octanol–water partition coefficient (Wildman–Crippen LogP) is 3.71. The van der Waals surface area contributed by atoms with Gasteiger partial charge in [-0.1, -0.05) is 29.4 Å². The van der Waals surface area contributed by atoms with Crippen molar-refractivity contribution in [2.75, 3.05) is 33.3 Å². The molecule has 2 heterocycles. The van der Waals surface area contributed by atoms with E-state index >= 15 is 0 Å². The Bertz CT molecular complexity index is 992. The van der Waals surface area contributed by atoms with Crippen LogP contribution in [0.15, 0.2) is 58.3 Å². The lowest BCUT2D eigenvalue weighted by molar-refractivity contribution is -0.134. The molecule has 7 nitrogen and oxygen atoms in total. The minimum absolute atomic E-state index is 0.378. The van der Waals surface area contributed by atoms with Gasteiger partial charge in [0.05, 0.1) is 7.11 Å². The fraction of sp³-hybridized carbons (Fsp3) is 0.304. The third-order valence-corrected chi connectivity index (χ3v) is 6.63. The average molecular weight is 477 g/mol. The fourth-order valence-electron chi connectivity index (χ4n) is 3.70. The van der Waals surface area contributed by atoms with Crippen LogP contribution in [-0.2, 0) is 16.0 Å². The van der Waals surface area contributed by atoms with Gasteiger partial charge < -0.3 is 20.3 Å². The summed E-state index contributed by atoms with van der Waals surface area (Å²) in [5.74, 6) is -1.60. The van der Waals surface area contributed by atoms with Gasteiger partial charge in [0.25, 0.3) is 0 Å². The van der Waals surface area contributed by atoms with Gasteiger partial charge in [0.2, 0.25) is 0 Å². The van der Waals surface area contributed by atoms with E-state index in [0.717, 1.165) is 43.4 Å². The van der Waals surface area contributed by atoms with Crippen molar-refractivity contribution in [2.24, 2.45) is 0 Å². The molecule has 2 aromatic rings. The van der Waals surface area contributed by atoms with E-state index in [0.29, 0.717) is 18.2 Å². The van der Waals surface area contributed by atoms with Crippen molar-refractivity contribution >= 4 is 35.3 Å². The number of nitrogens with zero attached hydrogens (tertiary/aromatic N) is 1. The van der Waals surface area contributed by atoms with Crippen LogP contribution in [-0.4, -0.2) is 60.3 Å². The predicted molar refractivity (Wildman–Crippen MR) is 124 cm³/mol. The Morgan fingerprint density at radius 1 is 1.09 bits per heavy atom. The summed E-state index contributed by atoms with van der Waals surface area (Å²) < 4.78 is 5.42. The van der Waals surface area contributed by atoms with Crippen molar-refractivity contribution in [3.63, 3.8) is 0 Å². The highest BCUT2D eigenvalue weighted by Gasteiger charge is 2.28. The Morgan fingerprint density at radius 3 is 2.41 bits per heavy atom. The highest BCUT2D eigenvalue weighted by atomic mass is 35.5. The number of hydrogen-bond donors (Lipinski definition) is 3. The van der Waals surface area contributed by atoms with Gasteiger partial charge in [-0.25, -0.2) is 9.59 Å². The Morgan fingerprint density at radius 2 is 1.78 bits per heavy atom. The van der Waals surface area contributed by atoms with Gasteiger partial charge in [0.15, 0.2) is 0 Å². The Hall–Kier alpha value is -2.52. The van der Waals surface area contributed by atoms with Gasteiger partial charge in [-0.3, -0.25) is 4.90 Å². The zero-order chi connectivity index (χ0) is 23.1. The molecule has 1 unspecified atom stereocenters. The molecule has 32 heavy (non-hydrogen) atoms. The number of piperazine rings is 1. The second-order valence-corrected chi connectivity index (χ2v) is 8.79. The zero-order valence-corrected chi connectivity index (χ0v) is 19.2. The van der Waals surface area contributed by atoms with Crippen LogP contribution in [0.1, 0.15) is 17.2 Å². The number of methoxy groups -OCH3 is 1. The van der Waals surface area contributed by atoms with E-state index in [1.165, 1.54) is 20.9 Å². The van der Waals surface area contributed by atoms with E-state index in [1.807, 2.05) is 17.8 Å². The smallest absolute Gasteiger partial charge is 0.328 e. The van der Waals surface area contributed by atoms with E-state index < -0.39 is 11.9 Å². The summed E-state index contributed by atoms with van der Waals surface area (Å²) in [6, 6.07) is 13.1. The summed E-state index contributed by atoms with van der Waals surface area (Å²) in [6.45, 7) is 4.25. The van der Waals surface area contributed by atoms with E-state index in [4.69, 9.17) is 26.6 Å². The Kier molecular flexibility index (Phi) is 8.58. The van der Waals surface area contributed by atoms with E-state index in [9.17, 15) is 9.59 Å². The van der Waals surface area contributed by atoms with Crippen molar-refractivity contribution in [3.05, 3.63) is 64.7 Å². The SMILES string of the molecule is COc1ccc2c(c1)Sc1ccc(Cl)cc1C(N1CCNCC1)C2.O=C(O)/C=C\C(=O)O. The number of hydrogen-bond acceptors (Lipinski definition) is 6. The summed E-state index contributed by atoms with van der Waals surface area (Å²) in [5, 5.41) is 19.9. The number of ether oxygens (including phenoxy) is 1. The van der Waals surface area contributed by atoms with Gasteiger partial charge in [-0.2, -0.15) is 0 Å². The molecule has 4 rings (SSSR count). The minimum atomic E-state index is -1.26. The Labute approximate surface area is 196 Å². The van der Waals surface area contributed by atoms with Gasteiger partial charge in [-0.05, 0) is 47.9 Å². The van der Waals surface area contributed by atoms with Crippen LogP contribution in [0, 0.1) is 0 Å². The average Bonchev–Trinajstić information content (AvgIpc) is 2.94. The number of carboxylic acid groups (broad SMARTS) is 2. The maximum Gasteiger partial charge on any atom is 0.328 e. The Balaban J connectivity index is 0.000000312. The molecule has 2 aliphatic heterocycles. The second-order valence-electron chi connectivity index (χ2n) is 7.27. The van der Waals surface area contributed by atoms with Crippen LogP contribution >= 0.6 is 23.4 Å². The molecule has 170 valence electrons. The highest BCUT2D eigenvalue weighted by Crippen LogP contribution is 2.44. The first-order chi connectivity index (χ1) is 15.4. The molecule has 0 aromatic heterocycles. The topological polar surface area (TPSA) is 99.1 Å². The molecule has 3 N–H and O–H groups in total. The van der Waals surface area contributed by atoms with Gasteiger partial charge in [0.1, 0.15) is 5.75 Å². The number of carboxylic acids is 2. The number of rotatable bonds is 4. The summed E-state index contributed by atoms with van der Waals surface area (Å²) in [6.07, 6.45) is 2.13. The summed E-state index contributed by atoms with van der Waals surface area (Å²) in [4.78, 5) is 24.3. The molecular weight excluding hydrogens is 452 g/mol. The summed E-state index contributed by atoms with van der Waals surface area (Å²) in [5.41, 5.74) is 2.74. The van der Waals surface area contributed by atoms with Gasteiger partial charge in [-0.15, -0.1) is 0 Å². The van der Waals surface area contributed by atoms with Crippen molar-refractivity contribution in [1.82, 2.24) is 10.2 Å². The third-order valence-electron chi connectivity index (χ3n) is 5.20. The number of carbonyl (C=O) groups is 2. The third kappa shape index (κ3) is 6.49. The number of nitrogens with one attached hydrogen (secondary N) is 1. The standard InChI is InChI=1S/C19H21ClN2OS.C4H4O4/c1-23-15-4-2-13-10-17(22-8-6-21-7-9-22)16-11-14(20)3-5-18(16)24-19(13)12-15;5-3(6)1-2-4(7)8/h2-5,11-12,17,21H,6-10H2,1H3;1-2H,(H,5,6)(H,7,8)/b;2-1-. The van der Waals surface area contributed by atoms with E-state index in [2.05, 4.69) is 40.5 Å². The fourth-order valence-corrected chi connectivity index (χ4v) is 5.02. The van der Waals surface area contributed by atoms with Crippen LogP contribution < -0.4 is 10.1 Å². The molecule has 0 spiro atoms. The molecule has 0 aliphatic carbocycles. The van der Waals surface area contributed by atoms with Crippen LogP contribution in [0.5, 0.6) is 5.75 Å². The largest absolute Gasteiger partial charge is 0.497 e. The molecule has 1 fully saturated rings. The normalized spacial score (nSPS) is 18.0. The van der Waals surface area contributed by atoms with E-state index in [-0.39, 0.29) is 0 Å². The van der Waals surface area contributed by atoms with Crippen LogP contribution in [0.2, 0.25) is 5.02 Å². The number of halogens is 1. The molecule has 0 amide bonds. The second kappa shape index (κ2) is 11.4. The lowest BCUT2D eigenvalue weighted by Gasteiger charge is -2.35.